The average Bonchev–Trinajstić information content (AvgIpc) is 3.15. The number of benzene rings is 2. The van der Waals surface area contributed by atoms with E-state index in [0.29, 0.717) is 24.3 Å². The van der Waals surface area contributed by atoms with Crippen molar-refractivity contribution in [2.24, 2.45) is 5.10 Å². The maximum atomic E-state index is 12.4. The van der Waals surface area contributed by atoms with Crippen LogP contribution < -0.4 is 25.9 Å². The number of pyridine rings is 2. The normalized spacial score (nSPS) is 11.3. The van der Waals surface area contributed by atoms with Gasteiger partial charge in [-0.15, -0.1) is 0 Å². The van der Waals surface area contributed by atoms with E-state index in [1.807, 2.05) is 7.05 Å². The van der Waals surface area contributed by atoms with Crippen molar-refractivity contribution in [3.8, 4) is 0 Å². The summed E-state index contributed by atoms with van der Waals surface area (Å²) in [5, 5.41) is 12.7. The first-order valence-electron chi connectivity index (χ1n) is 17.8. The van der Waals surface area contributed by atoms with Crippen molar-refractivity contribution in [1.29, 1.82) is 0 Å². The number of hydrazone groups is 1. The van der Waals surface area contributed by atoms with E-state index in [0.717, 1.165) is 37.9 Å². The zero-order chi connectivity index (χ0) is 37.0. The van der Waals surface area contributed by atoms with Gasteiger partial charge in [0.2, 0.25) is 5.91 Å². The third kappa shape index (κ3) is 14.2. The van der Waals surface area contributed by atoms with Crippen LogP contribution in [0.4, 0.5) is 11.5 Å². The highest BCUT2D eigenvalue weighted by Gasteiger charge is 2.08. The third-order valence-corrected chi connectivity index (χ3v) is 9.43. The first kappa shape index (κ1) is 39.6. The maximum Gasteiger partial charge on any atom is 0.252 e. The zero-order valence-corrected chi connectivity index (χ0v) is 30.5. The average molecular weight is 728 g/mol. The van der Waals surface area contributed by atoms with Crippen molar-refractivity contribution in [1.82, 2.24) is 15.6 Å². The lowest BCUT2D eigenvalue weighted by molar-refractivity contribution is -0.688. The van der Waals surface area contributed by atoms with Crippen molar-refractivity contribution in [2.45, 2.75) is 75.6 Å². The summed E-state index contributed by atoms with van der Waals surface area (Å²) in [7, 11) is -2.71. The summed E-state index contributed by atoms with van der Waals surface area (Å²) < 4.78 is 36.4. The summed E-state index contributed by atoms with van der Waals surface area (Å²) in [4.78, 5) is 28.4. The molecule has 2 aromatic heterocycles. The Morgan fingerprint density at radius 1 is 0.808 bits per heavy atom. The molecule has 276 valence electrons. The Balaban J connectivity index is 0.972. The highest BCUT2D eigenvalue weighted by Crippen LogP contribution is 2.14. The molecule has 2 aromatic carbocycles. The van der Waals surface area contributed by atoms with Crippen molar-refractivity contribution < 1.29 is 27.1 Å². The number of aromatic nitrogens is 2. The van der Waals surface area contributed by atoms with E-state index in [1.165, 1.54) is 79.9 Å². The van der Waals surface area contributed by atoms with Gasteiger partial charge in [0.25, 0.3) is 5.91 Å². The molecule has 4 aromatic rings. The van der Waals surface area contributed by atoms with Gasteiger partial charge in [0.05, 0.1) is 16.7 Å². The van der Waals surface area contributed by atoms with Crippen LogP contribution in [-0.4, -0.2) is 56.1 Å². The molecule has 0 unspecified atom stereocenters. The molecule has 0 bridgehead atoms. The number of carbonyl (C=O) groups is 2. The maximum absolute atomic E-state index is 12.4. The zero-order valence-electron chi connectivity index (χ0n) is 29.7. The van der Waals surface area contributed by atoms with E-state index in [-0.39, 0.29) is 28.8 Å². The summed E-state index contributed by atoms with van der Waals surface area (Å²) in [5.74, 6) is -0.0298. The number of nitrogens with one attached hydrogen (secondary N) is 4. The molecule has 0 saturated heterocycles. The molecule has 4 N–H and O–H groups in total. The van der Waals surface area contributed by atoms with Crippen molar-refractivity contribution in [2.75, 3.05) is 30.9 Å². The standard InChI is InChI=1S/C39H49N7O5S/c1-40-35-19-16-32(17-20-35)30-46-26-22-31(23-27-46)12-8-6-4-2-3-5-7-9-15-38(47)41-24-25-42-39(48)34-18-21-37(43-28-34)45-44-29-33-13-10-11-14-36(33)52(49,50)51/h10-11,13-14,16-23,26-29,40H,2-9,12,15,24-25,30H2,1H3,(H3-,41,42,43,45,47,48,49,50,51)/b44-29+. The van der Waals surface area contributed by atoms with Crippen LogP contribution in [0.2, 0.25) is 0 Å². The quantitative estimate of drug-likeness (QED) is 0.0274. The lowest BCUT2D eigenvalue weighted by Gasteiger charge is -2.09. The number of amides is 2. The van der Waals surface area contributed by atoms with Gasteiger partial charge in [-0.25, -0.2) is 18.0 Å². The van der Waals surface area contributed by atoms with E-state index in [1.54, 1.807) is 12.1 Å². The Morgan fingerprint density at radius 3 is 2.15 bits per heavy atom. The Labute approximate surface area is 306 Å². The predicted molar refractivity (Wildman–Crippen MR) is 202 cm³/mol. The Kier molecular flexibility index (Phi) is 16.2. The van der Waals surface area contributed by atoms with Gasteiger partial charge in [0.15, 0.2) is 18.9 Å². The molecule has 0 radical (unpaired) electrons. The van der Waals surface area contributed by atoms with Crippen LogP contribution >= 0.6 is 0 Å². The van der Waals surface area contributed by atoms with E-state index < -0.39 is 10.1 Å². The molecule has 2 amide bonds. The second-order valence-corrected chi connectivity index (χ2v) is 13.9. The van der Waals surface area contributed by atoms with Crippen LogP contribution in [0, 0.1) is 0 Å². The SMILES string of the molecule is CNc1ccc(C[n+]2ccc(CCCCCCCCCCC(=O)NCCNC(=O)c3ccc(N/N=C/c4ccccc4S(=O)(=O)[O-])nc3)cc2)cc1. The first-order chi connectivity index (χ1) is 25.2. The fourth-order valence-electron chi connectivity index (χ4n) is 5.57. The first-order valence-corrected chi connectivity index (χ1v) is 19.2. The number of anilines is 2. The number of rotatable bonds is 22. The van der Waals surface area contributed by atoms with Gasteiger partial charge in [-0.1, -0.05) is 68.9 Å². The summed E-state index contributed by atoms with van der Waals surface area (Å²) in [5.41, 5.74) is 6.89. The minimum absolute atomic E-state index is 0.0167. The van der Waals surface area contributed by atoms with Crippen LogP contribution in [-0.2, 0) is 27.9 Å². The molecule has 0 atom stereocenters. The number of nitrogens with zero attached hydrogens (tertiary/aromatic N) is 3. The second-order valence-electron chi connectivity index (χ2n) is 12.6. The molecular weight excluding hydrogens is 679 g/mol. The molecule has 0 aliphatic heterocycles. The van der Waals surface area contributed by atoms with Gasteiger partial charge in [0.1, 0.15) is 15.9 Å². The van der Waals surface area contributed by atoms with Crippen LogP contribution in [0.5, 0.6) is 0 Å². The summed E-state index contributed by atoms with van der Waals surface area (Å²) >= 11 is 0. The number of unbranched alkanes of at least 4 members (excludes halogenated alkanes) is 7. The van der Waals surface area contributed by atoms with E-state index >= 15 is 0 Å². The molecule has 12 nitrogen and oxygen atoms in total. The largest absolute Gasteiger partial charge is 0.744 e. The lowest BCUT2D eigenvalue weighted by atomic mass is 10.0. The minimum Gasteiger partial charge on any atom is -0.744 e. The smallest absolute Gasteiger partial charge is 0.252 e. The summed E-state index contributed by atoms with van der Waals surface area (Å²) in [6.45, 7) is 1.49. The fraction of sp³-hybridized carbons (Fsp3) is 0.359. The predicted octanol–water partition coefficient (Wildman–Crippen LogP) is 5.41. The second kappa shape index (κ2) is 21.3. The van der Waals surface area contributed by atoms with E-state index in [9.17, 15) is 22.6 Å². The number of aryl methyl sites for hydroxylation is 1. The topological polar surface area (TPSA) is 169 Å². The molecule has 2 heterocycles. The summed E-state index contributed by atoms with van der Waals surface area (Å²) in [6, 6.07) is 21.8. The van der Waals surface area contributed by atoms with Gasteiger partial charge in [-0.3, -0.25) is 15.0 Å². The van der Waals surface area contributed by atoms with Gasteiger partial charge in [-0.2, -0.15) is 5.10 Å². The molecule has 52 heavy (non-hydrogen) atoms. The molecule has 0 spiro atoms. The van der Waals surface area contributed by atoms with Crippen molar-refractivity contribution in [3.05, 3.63) is 114 Å². The van der Waals surface area contributed by atoms with E-state index in [4.69, 9.17) is 0 Å². The van der Waals surface area contributed by atoms with Gasteiger partial charge in [-0.05, 0) is 55.2 Å². The van der Waals surface area contributed by atoms with Gasteiger partial charge < -0.3 is 20.5 Å². The highest BCUT2D eigenvalue weighted by atomic mass is 32.2. The minimum atomic E-state index is -4.64. The van der Waals surface area contributed by atoms with Gasteiger partial charge in [0, 0.05) is 61.7 Å². The van der Waals surface area contributed by atoms with Crippen molar-refractivity contribution >= 4 is 39.7 Å². The Hall–Kier alpha value is -5.14. The molecule has 0 saturated carbocycles. The van der Waals surface area contributed by atoms with Gasteiger partial charge >= 0.3 is 0 Å². The monoisotopic (exact) mass is 727 g/mol. The molecule has 13 heteroatoms. The number of hydrogen-bond donors (Lipinski definition) is 4. The lowest BCUT2D eigenvalue weighted by Crippen LogP contribution is -2.34. The molecular formula is C39H49N7O5S. The molecule has 0 aliphatic carbocycles. The number of hydrogen-bond acceptors (Lipinski definition) is 9. The van der Waals surface area contributed by atoms with E-state index in [2.05, 4.69) is 84.8 Å². The van der Waals surface area contributed by atoms with Crippen LogP contribution in [0.3, 0.4) is 0 Å². The molecule has 0 fully saturated rings. The highest BCUT2D eigenvalue weighted by molar-refractivity contribution is 7.85. The Bertz CT molecular complexity index is 1830. The molecule has 0 aliphatic rings. The molecule has 4 rings (SSSR count). The van der Waals surface area contributed by atoms with Crippen LogP contribution in [0.25, 0.3) is 0 Å². The van der Waals surface area contributed by atoms with Crippen LogP contribution in [0.1, 0.15) is 84.8 Å². The third-order valence-electron chi connectivity index (χ3n) is 8.52. The van der Waals surface area contributed by atoms with Crippen molar-refractivity contribution in [3.63, 3.8) is 0 Å². The summed E-state index contributed by atoms with van der Waals surface area (Å²) in [6.07, 6.45) is 17.6. The fourth-order valence-corrected chi connectivity index (χ4v) is 6.22. The Morgan fingerprint density at radius 2 is 1.48 bits per heavy atom. The number of carbonyl (C=O) groups excluding carboxylic acids is 2. The van der Waals surface area contributed by atoms with Crippen LogP contribution in [0.15, 0.2) is 101 Å².